The van der Waals surface area contributed by atoms with Crippen LogP contribution >= 0.6 is 0 Å². The van der Waals surface area contributed by atoms with E-state index in [9.17, 15) is 14.4 Å². The Kier molecular flexibility index (Phi) is 7.73. The van der Waals surface area contributed by atoms with E-state index in [2.05, 4.69) is 0 Å². The Labute approximate surface area is 232 Å². The molecule has 8 nitrogen and oxygen atoms in total. The molecular weight excluding hydrogens is 500 g/mol. The average Bonchev–Trinajstić information content (AvgIpc) is 2.89. The Morgan fingerprint density at radius 1 is 0.641 bits per heavy atom. The molecule has 39 heavy (non-hydrogen) atoms. The average molecular weight is 547 g/mol. The zero-order valence-corrected chi connectivity index (χ0v) is 23.8. The van der Waals surface area contributed by atoms with Crippen molar-refractivity contribution >= 4 is 17.9 Å². The molecule has 8 fully saturated rings. The highest BCUT2D eigenvalue weighted by Gasteiger charge is 2.50. The Morgan fingerprint density at radius 3 is 1.33 bits per heavy atom. The summed E-state index contributed by atoms with van der Waals surface area (Å²) in [4.78, 5) is 38.8. The van der Waals surface area contributed by atoms with Crippen molar-refractivity contribution in [3.05, 3.63) is 0 Å². The summed E-state index contributed by atoms with van der Waals surface area (Å²) in [5.41, 5.74) is -0.855. The normalized spacial score (nSPS) is 40.4. The van der Waals surface area contributed by atoms with E-state index in [0.717, 1.165) is 23.7 Å². The molecule has 8 saturated carbocycles. The van der Waals surface area contributed by atoms with Gasteiger partial charge in [-0.15, -0.1) is 0 Å². The largest absolute Gasteiger partial charge is 0.438 e. The van der Waals surface area contributed by atoms with Gasteiger partial charge < -0.3 is 23.7 Å². The molecule has 8 aliphatic carbocycles. The predicted molar refractivity (Wildman–Crippen MR) is 140 cm³/mol. The van der Waals surface area contributed by atoms with Crippen LogP contribution in [0.25, 0.3) is 0 Å². The maximum atomic E-state index is 13.0. The van der Waals surface area contributed by atoms with Crippen molar-refractivity contribution in [1.29, 1.82) is 0 Å². The van der Waals surface area contributed by atoms with Crippen LogP contribution in [0.5, 0.6) is 0 Å². The molecule has 0 aliphatic heterocycles. The monoisotopic (exact) mass is 546 g/mol. The van der Waals surface area contributed by atoms with Gasteiger partial charge in [-0.3, -0.25) is 4.79 Å². The third-order valence-corrected chi connectivity index (χ3v) is 11.3. The fourth-order valence-corrected chi connectivity index (χ4v) is 9.39. The van der Waals surface area contributed by atoms with Gasteiger partial charge in [-0.05, 0) is 132 Å². The number of carbonyl (C=O) groups excluding carboxylic acids is 3. The molecule has 0 radical (unpaired) electrons. The maximum Gasteiger partial charge on any atom is 0.361 e. The van der Waals surface area contributed by atoms with Crippen LogP contribution in [0, 0.1) is 52.8 Å². The lowest BCUT2D eigenvalue weighted by Crippen LogP contribution is -2.50. The summed E-state index contributed by atoms with van der Waals surface area (Å²) in [6.07, 6.45) is 11.1. The Balaban J connectivity index is 1.02. The number of ether oxygens (including phenoxy) is 5. The molecule has 8 aliphatic rings. The van der Waals surface area contributed by atoms with E-state index in [1.54, 1.807) is 13.8 Å². The summed E-state index contributed by atoms with van der Waals surface area (Å²) in [7, 11) is 0. The van der Waals surface area contributed by atoms with Crippen LogP contribution in [0.1, 0.15) is 91.4 Å². The molecule has 0 spiro atoms. The lowest BCUT2D eigenvalue weighted by molar-refractivity contribution is -0.209. The SMILES string of the molecule is CCC(C)(C)C(=O)OC(C(=O)OCOC1C2CC3CC(C2)CC1C3)C(=O)OCOC1C2CC3CC(C2)CC1C3. The summed E-state index contributed by atoms with van der Waals surface area (Å²) < 4.78 is 28.3. The van der Waals surface area contributed by atoms with Crippen molar-refractivity contribution < 1.29 is 38.1 Å². The Morgan fingerprint density at radius 2 is 1.00 bits per heavy atom. The molecule has 0 amide bonds. The summed E-state index contributed by atoms with van der Waals surface area (Å²) in [5.74, 6) is 2.78. The van der Waals surface area contributed by atoms with E-state index in [1.807, 2.05) is 6.92 Å². The van der Waals surface area contributed by atoms with Crippen molar-refractivity contribution in [1.82, 2.24) is 0 Å². The molecule has 0 heterocycles. The highest BCUT2D eigenvalue weighted by molar-refractivity contribution is 6.00. The molecule has 0 atom stereocenters. The van der Waals surface area contributed by atoms with Gasteiger partial charge >= 0.3 is 17.9 Å². The molecule has 0 aromatic rings. The number of hydrogen-bond acceptors (Lipinski definition) is 8. The summed E-state index contributed by atoms with van der Waals surface area (Å²) in [5, 5.41) is 0. The quantitative estimate of drug-likeness (QED) is 0.154. The fraction of sp³-hybridized carbons (Fsp3) is 0.903. The van der Waals surface area contributed by atoms with Gasteiger partial charge in [0.15, 0.2) is 13.6 Å². The van der Waals surface area contributed by atoms with E-state index < -0.39 is 29.4 Å². The second-order valence-corrected chi connectivity index (χ2v) is 14.3. The first-order valence-corrected chi connectivity index (χ1v) is 15.5. The number of carbonyl (C=O) groups is 3. The highest BCUT2D eigenvalue weighted by Crippen LogP contribution is 2.55. The molecule has 8 rings (SSSR count). The smallest absolute Gasteiger partial charge is 0.361 e. The van der Waals surface area contributed by atoms with Gasteiger partial charge in [0, 0.05) is 0 Å². The first kappa shape index (κ1) is 27.5. The molecular formula is C31H46O8. The topological polar surface area (TPSA) is 97.4 Å². The molecule has 0 unspecified atom stereocenters. The van der Waals surface area contributed by atoms with Crippen LogP contribution in [0.15, 0.2) is 0 Å². The fourth-order valence-electron chi connectivity index (χ4n) is 9.39. The van der Waals surface area contributed by atoms with Crippen LogP contribution in [-0.4, -0.2) is 49.8 Å². The first-order chi connectivity index (χ1) is 18.7. The van der Waals surface area contributed by atoms with Crippen LogP contribution in [0.3, 0.4) is 0 Å². The number of hydrogen-bond donors (Lipinski definition) is 0. The maximum absolute atomic E-state index is 13.0. The molecule has 0 aromatic carbocycles. The third kappa shape index (κ3) is 5.61. The molecule has 218 valence electrons. The highest BCUT2D eigenvalue weighted by atomic mass is 16.7. The molecule has 0 aromatic heterocycles. The molecule has 8 bridgehead atoms. The predicted octanol–water partition coefficient (Wildman–Crippen LogP) is 5.02. The summed E-state index contributed by atoms with van der Waals surface area (Å²) in [6.45, 7) is 4.77. The standard InChI is InChI=1S/C31H46O8/c1-4-31(2,3)30(34)39-27(28(32)37-15-35-25-21-7-17-5-18(9-21)10-22(25)8-17)29(33)38-16-36-26-23-11-19-6-20(13-23)14-24(26)12-19/h17-27H,4-16H2,1-3H3. The number of esters is 3. The van der Waals surface area contributed by atoms with Gasteiger partial charge in [-0.1, -0.05) is 6.92 Å². The van der Waals surface area contributed by atoms with Crippen molar-refractivity contribution in [2.24, 2.45) is 52.8 Å². The Hall–Kier alpha value is -1.67. The van der Waals surface area contributed by atoms with Gasteiger partial charge in [0.2, 0.25) is 0 Å². The van der Waals surface area contributed by atoms with Crippen LogP contribution in [0.4, 0.5) is 0 Å². The minimum absolute atomic E-state index is 0.0898. The second kappa shape index (κ2) is 11.0. The van der Waals surface area contributed by atoms with E-state index in [4.69, 9.17) is 23.7 Å². The van der Waals surface area contributed by atoms with Gasteiger partial charge in [-0.25, -0.2) is 9.59 Å². The van der Waals surface area contributed by atoms with Crippen molar-refractivity contribution in [3.8, 4) is 0 Å². The van der Waals surface area contributed by atoms with E-state index in [1.165, 1.54) is 64.2 Å². The minimum Gasteiger partial charge on any atom is -0.438 e. The lowest BCUT2D eigenvalue weighted by Gasteiger charge is -2.53. The molecule has 0 N–H and O–H groups in total. The zero-order valence-electron chi connectivity index (χ0n) is 23.8. The van der Waals surface area contributed by atoms with E-state index in [-0.39, 0.29) is 25.8 Å². The van der Waals surface area contributed by atoms with Crippen LogP contribution in [-0.2, 0) is 38.1 Å². The van der Waals surface area contributed by atoms with Crippen molar-refractivity contribution in [3.63, 3.8) is 0 Å². The third-order valence-electron chi connectivity index (χ3n) is 11.3. The van der Waals surface area contributed by atoms with Gasteiger partial charge in [0.1, 0.15) is 0 Å². The first-order valence-electron chi connectivity index (χ1n) is 15.5. The lowest BCUT2D eigenvalue weighted by atomic mass is 9.55. The van der Waals surface area contributed by atoms with Crippen LogP contribution in [0.2, 0.25) is 0 Å². The van der Waals surface area contributed by atoms with E-state index in [0.29, 0.717) is 30.1 Å². The summed E-state index contributed by atoms with van der Waals surface area (Å²) >= 11 is 0. The second-order valence-electron chi connectivity index (χ2n) is 14.3. The minimum atomic E-state index is -1.80. The molecule has 0 saturated heterocycles. The van der Waals surface area contributed by atoms with E-state index >= 15 is 0 Å². The van der Waals surface area contributed by atoms with Gasteiger partial charge in [-0.2, -0.15) is 0 Å². The molecule has 8 heteroatoms. The summed E-state index contributed by atoms with van der Waals surface area (Å²) in [6, 6.07) is 0. The Bertz CT molecular complexity index is 827. The zero-order chi connectivity index (χ0) is 27.3. The van der Waals surface area contributed by atoms with Crippen molar-refractivity contribution in [2.45, 2.75) is 110 Å². The number of rotatable bonds is 11. The van der Waals surface area contributed by atoms with Gasteiger partial charge in [0.25, 0.3) is 6.10 Å². The van der Waals surface area contributed by atoms with Crippen LogP contribution < -0.4 is 0 Å². The van der Waals surface area contributed by atoms with Gasteiger partial charge in [0.05, 0.1) is 17.6 Å². The van der Waals surface area contributed by atoms with Crippen molar-refractivity contribution in [2.75, 3.05) is 13.6 Å².